The van der Waals surface area contributed by atoms with Crippen molar-refractivity contribution in [1.82, 2.24) is 0 Å². The number of ketones is 1. The minimum absolute atomic E-state index is 0.0967. The molecule has 1 heterocycles. The Kier molecular flexibility index (Phi) is 5.66. The number of rotatable bonds is 5. The first-order valence-electron chi connectivity index (χ1n) is 10.1. The Morgan fingerprint density at radius 1 is 1.03 bits per heavy atom. The van der Waals surface area contributed by atoms with Gasteiger partial charge in [-0.3, -0.25) is 24.6 Å². The lowest BCUT2D eigenvalue weighted by Crippen LogP contribution is -2.29. The van der Waals surface area contributed by atoms with Crippen LogP contribution >= 0.6 is 0 Å². The number of carbonyl (C=O) groups is 2. The number of nitro benzene ring substituents is 1. The molecule has 1 amide bonds. The molecule has 0 radical (unpaired) electrons. The highest BCUT2D eigenvalue weighted by molar-refractivity contribution is 6.51. The van der Waals surface area contributed by atoms with Gasteiger partial charge in [0.2, 0.25) is 0 Å². The van der Waals surface area contributed by atoms with Crippen LogP contribution in [0.2, 0.25) is 0 Å². The van der Waals surface area contributed by atoms with Gasteiger partial charge in [-0.25, -0.2) is 0 Å². The number of anilines is 1. The number of amides is 1. The van der Waals surface area contributed by atoms with E-state index in [4.69, 9.17) is 4.74 Å². The monoisotopic (exact) mass is 444 g/mol. The van der Waals surface area contributed by atoms with Crippen molar-refractivity contribution in [2.24, 2.45) is 0 Å². The summed E-state index contributed by atoms with van der Waals surface area (Å²) in [5.41, 5.74) is 1.96. The molecule has 0 bridgehead atoms. The molecule has 0 saturated carbocycles. The molecule has 0 spiro atoms. The number of nitro groups is 1. The first-order valence-corrected chi connectivity index (χ1v) is 10.1. The second kappa shape index (κ2) is 8.58. The van der Waals surface area contributed by atoms with Crippen molar-refractivity contribution in [2.45, 2.75) is 13.0 Å². The van der Waals surface area contributed by atoms with E-state index in [2.05, 4.69) is 0 Å². The zero-order valence-corrected chi connectivity index (χ0v) is 17.9. The topological polar surface area (TPSA) is 110 Å². The third-order valence-electron chi connectivity index (χ3n) is 5.51. The highest BCUT2D eigenvalue weighted by Crippen LogP contribution is 2.42. The second-order valence-corrected chi connectivity index (χ2v) is 7.59. The number of Topliss-reactive ketones (excluding diaryl/α,β-unsaturated/α-hetero) is 1. The molecular weight excluding hydrogens is 424 g/mol. The standard InChI is InChI=1S/C25H20N2O6/c1-15-4-3-5-19(14-15)26-22(16-8-12-20(33-2)13-9-16)21(24(29)25(26)30)23(28)17-6-10-18(11-7-17)27(31)32/h3-14,22,28H,1-2H3/b23-21-. The molecular formula is C25H20N2O6. The molecule has 8 heteroatoms. The highest BCUT2D eigenvalue weighted by atomic mass is 16.6. The second-order valence-electron chi connectivity index (χ2n) is 7.59. The molecule has 1 aliphatic rings. The summed E-state index contributed by atoms with van der Waals surface area (Å²) in [6.45, 7) is 1.87. The summed E-state index contributed by atoms with van der Waals surface area (Å²) in [5.74, 6) is -1.42. The number of hydrogen-bond donors (Lipinski definition) is 1. The maximum Gasteiger partial charge on any atom is 0.300 e. The summed E-state index contributed by atoms with van der Waals surface area (Å²) in [6.07, 6.45) is 0. The number of carbonyl (C=O) groups excluding carboxylic acids is 2. The van der Waals surface area contributed by atoms with Crippen LogP contribution < -0.4 is 9.64 Å². The Morgan fingerprint density at radius 2 is 1.70 bits per heavy atom. The first kappa shape index (κ1) is 21.8. The molecule has 1 aliphatic heterocycles. The molecule has 1 unspecified atom stereocenters. The molecule has 4 rings (SSSR count). The van der Waals surface area contributed by atoms with Crippen molar-refractivity contribution in [1.29, 1.82) is 0 Å². The predicted octanol–water partition coefficient (Wildman–Crippen LogP) is 4.54. The Balaban J connectivity index is 1.91. The summed E-state index contributed by atoms with van der Waals surface area (Å²) >= 11 is 0. The van der Waals surface area contributed by atoms with E-state index in [0.717, 1.165) is 5.56 Å². The fraction of sp³-hybridized carbons (Fsp3) is 0.120. The summed E-state index contributed by atoms with van der Waals surface area (Å²) in [5, 5.41) is 22.0. The average molecular weight is 444 g/mol. The van der Waals surface area contributed by atoms with Gasteiger partial charge in [0.15, 0.2) is 0 Å². The van der Waals surface area contributed by atoms with E-state index < -0.39 is 28.4 Å². The molecule has 1 N–H and O–H groups in total. The molecule has 3 aromatic carbocycles. The average Bonchev–Trinajstić information content (AvgIpc) is 3.09. The van der Waals surface area contributed by atoms with E-state index in [9.17, 15) is 24.8 Å². The van der Waals surface area contributed by atoms with Gasteiger partial charge >= 0.3 is 0 Å². The van der Waals surface area contributed by atoms with Crippen molar-refractivity contribution in [3.05, 3.63) is 105 Å². The molecule has 33 heavy (non-hydrogen) atoms. The maximum absolute atomic E-state index is 13.1. The third-order valence-corrected chi connectivity index (χ3v) is 5.51. The summed E-state index contributed by atoms with van der Waals surface area (Å²) in [7, 11) is 1.53. The minimum atomic E-state index is -0.895. The summed E-state index contributed by atoms with van der Waals surface area (Å²) < 4.78 is 5.21. The normalized spacial score (nSPS) is 17.3. The Hall–Kier alpha value is -4.46. The predicted molar refractivity (Wildman–Crippen MR) is 122 cm³/mol. The number of nitrogens with zero attached hydrogens (tertiary/aromatic N) is 2. The molecule has 1 fully saturated rings. The van der Waals surface area contributed by atoms with Gasteiger partial charge in [-0.15, -0.1) is 0 Å². The lowest BCUT2D eigenvalue weighted by atomic mass is 9.95. The van der Waals surface area contributed by atoms with Gasteiger partial charge < -0.3 is 9.84 Å². The number of aryl methyl sites for hydroxylation is 1. The maximum atomic E-state index is 13.1. The number of ether oxygens (including phenoxy) is 1. The number of hydrogen-bond acceptors (Lipinski definition) is 6. The zero-order valence-electron chi connectivity index (χ0n) is 17.9. The molecule has 3 aromatic rings. The van der Waals surface area contributed by atoms with Gasteiger partial charge in [0.1, 0.15) is 11.5 Å². The fourth-order valence-electron chi connectivity index (χ4n) is 3.87. The van der Waals surface area contributed by atoms with E-state index in [1.54, 1.807) is 42.5 Å². The van der Waals surface area contributed by atoms with Crippen LogP contribution in [0.15, 0.2) is 78.4 Å². The van der Waals surface area contributed by atoms with Crippen LogP contribution in [0.4, 0.5) is 11.4 Å². The molecule has 1 atom stereocenters. The van der Waals surface area contributed by atoms with Gasteiger partial charge in [0.25, 0.3) is 17.4 Å². The van der Waals surface area contributed by atoms with E-state index in [1.165, 1.54) is 36.3 Å². The van der Waals surface area contributed by atoms with Crippen LogP contribution in [0.25, 0.3) is 5.76 Å². The highest BCUT2D eigenvalue weighted by Gasteiger charge is 2.47. The van der Waals surface area contributed by atoms with Crippen LogP contribution in [0, 0.1) is 17.0 Å². The van der Waals surface area contributed by atoms with E-state index in [0.29, 0.717) is 17.0 Å². The fourth-order valence-corrected chi connectivity index (χ4v) is 3.87. The van der Waals surface area contributed by atoms with Crippen LogP contribution in [0.3, 0.4) is 0 Å². The van der Waals surface area contributed by atoms with Crippen molar-refractivity contribution >= 4 is 28.8 Å². The first-order chi connectivity index (χ1) is 15.8. The SMILES string of the molecule is COc1ccc(C2/C(=C(/O)c3ccc([N+](=O)[O-])cc3)C(=O)C(=O)N2c2cccc(C)c2)cc1. The van der Waals surface area contributed by atoms with E-state index in [-0.39, 0.29) is 16.8 Å². The van der Waals surface area contributed by atoms with E-state index in [1.807, 2.05) is 13.0 Å². The summed E-state index contributed by atoms with van der Waals surface area (Å²) in [4.78, 5) is 38.0. The number of methoxy groups -OCH3 is 1. The molecule has 1 saturated heterocycles. The van der Waals surface area contributed by atoms with Gasteiger partial charge in [-0.1, -0.05) is 24.3 Å². The quantitative estimate of drug-likeness (QED) is 0.203. The lowest BCUT2D eigenvalue weighted by Gasteiger charge is -2.26. The van der Waals surface area contributed by atoms with Crippen molar-refractivity contribution in [3.8, 4) is 5.75 Å². The van der Waals surface area contributed by atoms with Crippen LogP contribution in [-0.2, 0) is 9.59 Å². The Morgan fingerprint density at radius 3 is 2.27 bits per heavy atom. The molecule has 8 nitrogen and oxygen atoms in total. The molecule has 0 aliphatic carbocycles. The van der Waals surface area contributed by atoms with Gasteiger partial charge in [0, 0.05) is 23.4 Å². The van der Waals surface area contributed by atoms with Gasteiger partial charge in [0.05, 0.1) is 23.6 Å². The zero-order chi connectivity index (χ0) is 23.7. The van der Waals surface area contributed by atoms with Crippen molar-refractivity contribution in [2.75, 3.05) is 12.0 Å². The Labute approximate surface area is 189 Å². The van der Waals surface area contributed by atoms with Crippen LogP contribution in [-0.4, -0.2) is 28.8 Å². The van der Waals surface area contributed by atoms with Gasteiger partial charge in [-0.05, 0) is 54.4 Å². The van der Waals surface area contributed by atoms with Crippen LogP contribution in [0.5, 0.6) is 5.75 Å². The molecule has 0 aromatic heterocycles. The van der Waals surface area contributed by atoms with Crippen molar-refractivity contribution < 1.29 is 24.4 Å². The van der Waals surface area contributed by atoms with Crippen LogP contribution in [0.1, 0.15) is 22.7 Å². The van der Waals surface area contributed by atoms with E-state index >= 15 is 0 Å². The smallest absolute Gasteiger partial charge is 0.300 e. The van der Waals surface area contributed by atoms with Gasteiger partial charge in [-0.2, -0.15) is 0 Å². The number of benzene rings is 3. The number of aliphatic hydroxyl groups is 1. The largest absolute Gasteiger partial charge is 0.507 e. The number of aliphatic hydroxyl groups excluding tert-OH is 1. The Bertz CT molecular complexity index is 1280. The molecule has 166 valence electrons. The number of non-ortho nitro benzene ring substituents is 1. The lowest BCUT2D eigenvalue weighted by molar-refractivity contribution is -0.384. The minimum Gasteiger partial charge on any atom is -0.507 e. The third kappa shape index (κ3) is 3.94. The van der Waals surface area contributed by atoms with Crippen molar-refractivity contribution in [3.63, 3.8) is 0 Å². The summed E-state index contributed by atoms with van der Waals surface area (Å²) in [6, 6.07) is 18.3.